The molecule has 0 N–H and O–H groups in total. The van der Waals surface area contributed by atoms with Crippen molar-refractivity contribution in [1.29, 1.82) is 0 Å². The Balaban J connectivity index is 1.43. The van der Waals surface area contributed by atoms with E-state index in [1.54, 1.807) is 4.68 Å². The molecule has 4 rings (SSSR count). The zero-order valence-electron chi connectivity index (χ0n) is 17.0. The lowest BCUT2D eigenvalue weighted by molar-refractivity contribution is -0.113. The van der Waals surface area contributed by atoms with Crippen LogP contribution in [-0.2, 0) is 39.7 Å². The number of halogens is 1. The first-order chi connectivity index (χ1) is 13.7. The number of likely N-dealkylation sites (tertiary alicyclic amines) is 1. The molecule has 3 heterocycles. The lowest BCUT2D eigenvalue weighted by atomic mass is 9.77. The van der Waals surface area contributed by atoms with Gasteiger partial charge in [-0.1, -0.05) is 17.7 Å². The second-order valence-electron chi connectivity index (χ2n) is 8.41. The summed E-state index contributed by atoms with van der Waals surface area (Å²) in [7, 11) is -2.99. The molecule has 29 heavy (non-hydrogen) atoms. The zero-order valence-corrected chi connectivity index (χ0v) is 18.5. The molecule has 1 aromatic carbocycles. The van der Waals surface area contributed by atoms with Gasteiger partial charge in [0.1, 0.15) is 9.84 Å². The Bertz CT molecular complexity index is 991. The monoisotopic (exact) mass is 437 g/mol. The van der Waals surface area contributed by atoms with Crippen molar-refractivity contribution in [3.8, 4) is 0 Å². The van der Waals surface area contributed by atoms with Gasteiger partial charge >= 0.3 is 0 Å². The zero-order chi connectivity index (χ0) is 20.6. The summed E-state index contributed by atoms with van der Waals surface area (Å²) in [5, 5.41) is 5.09. The molecule has 0 aliphatic carbocycles. The molecule has 0 bridgehead atoms. The number of ether oxygens (including phenoxy) is 1. The fourth-order valence-corrected chi connectivity index (χ4v) is 5.28. The van der Waals surface area contributed by atoms with Gasteiger partial charge in [-0.25, -0.2) is 8.42 Å². The average Bonchev–Trinajstić information content (AvgIpc) is 3.10. The lowest BCUT2D eigenvalue weighted by Crippen LogP contribution is -2.50. The molecule has 0 saturated carbocycles. The van der Waals surface area contributed by atoms with Crippen LogP contribution in [0, 0.1) is 0 Å². The Hall–Kier alpha value is -1.41. The van der Waals surface area contributed by atoms with Gasteiger partial charge in [0.2, 0.25) is 0 Å². The van der Waals surface area contributed by atoms with E-state index < -0.39 is 9.84 Å². The predicted molar refractivity (Wildman–Crippen MR) is 114 cm³/mol. The number of nitrogens with zero attached hydrogens (tertiary/aromatic N) is 3. The van der Waals surface area contributed by atoms with Crippen molar-refractivity contribution in [2.45, 2.75) is 50.9 Å². The van der Waals surface area contributed by atoms with Crippen LogP contribution in [0.5, 0.6) is 0 Å². The van der Waals surface area contributed by atoms with Crippen molar-refractivity contribution in [3.63, 3.8) is 0 Å². The van der Waals surface area contributed by atoms with Gasteiger partial charge in [0.25, 0.3) is 0 Å². The van der Waals surface area contributed by atoms with Crippen molar-refractivity contribution < 1.29 is 13.2 Å². The Labute approximate surface area is 177 Å². The van der Waals surface area contributed by atoms with Gasteiger partial charge in [0, 0.05) is 42.2 Å². The molecule has 158 valence electrons. The second-order valence-corrected chi connectivity index (χ2v) is 11.1. The number of sulfone groups is 1. The van der Waals surface area contributed by atoms with Gasteiger partial charge in [-0.15, -0.1) is 0 Å². The minimum absolute atomic E-state index is 0.107. The standard InChI is InChI=1S/C21H28ClN3O3S/c1-16-12-21(20-11-19(22)4-3-18(20)5-9-28-21)6-7-24(16)14-17-13-23-25(15-17)8-10-29(2,26)27/h3-4,11,13,15-16H,5-10,12,14H2,1-2H3/t16-,21+/m0/s1. The minimum atomic E-state index is -2.99. The molecule has 1 aromatic heterocycles. The first-order valence-electron chi connectivity index (χ1n) is 10.1. The summed E-state index contributed by atoms with van der Waals surface area (Å²) in [6.07, 6.45) is 7.86. The largest absolute Gasteiger partial charge is 0.370 e. The third-order valence-electron chi connectivity index (χ3n) is 6.13. The number of aromatic nitrogens is 2. The number of piperidine rings is 1. The Morgan fingerprint density at radius 1 is 1.38 bits per heavy atom. The Morgan fingerprint density at radius 2 is 2.21 bits per heavy atom. The van der Waals surface area contributed by atoms with Crippen molar-refractivity contribution in [2.24, 2.45) is 0 Å². The highest BCUT2D eigenvalue weighted by Crippen LogP contribution is 2.44. The van der Waals surface area contributed by atoms with Crippen molar-refractivity contribution >= 4 is 21.4 Å². The third-order valence-corrected chi connectivity index (χ3v) is 7.29. The summed E-state index contributed by atoms with van der Waals surface area (Å²) >= 11 is 6.29. The summed E-state index contributed by atoms with van der Waals surface area (Å²) in [6.45, 7) is 5.13. The molecule has 1 fully saturated rings. The topological polar surface area (TPSA) is 64.4 Å². The Morgan fingerprint density at radius 3 is 2.97 bits per heavy atom. The van der Waals surface area contributed by atoms with Gasteiger partial charge < -0.3 is 4.74 Å². The van der Waals surface area contributed by atoms with Crippen molar-refractivity contribution in [2.75, 3.05) is 25.2 Å². The van der Waals surface area contributed by atoms with Crippen molar-refractivity contribution in [3.05, 3.63) is 52.3 Å². The fourth-order valence-electron chi connectivity index (χ4n) is 4.59. The van der Waals surface area contributed by atoms with Gasteiger partial charge in [-0.3, -0.25) is 9.58 Å². The number of fused-ring (bicyclic) bond motifs is 2. The van der Waals surface area contributed by atoms with E-state index in [9.17, 15) is 8.42 Å². The van der Waals surface area contributed by atoms with Gasteiger partial charge in [-0.05, 0) is 49.4 Å². The molecule has 2 aromatic rings. The third kappa shape index (κ3) is 4.68. The van der Waals surface area contributed by atoms with Crippen LogP contribution in [0.3, 0.4) is 0 Å². The minimum Gasteiger partial charge on any atom is -0.370 e. The SMILES string of the molecule is C[C@H]1C[C@@]2(CCN1Cc1cnn(CCS(C)(=O)=O)c1)OCCc1ccc(Cl)cc12. The number of benzene rings is 1. The number of hydrogen-bond donors (Lipinski definition) is 0. The number of hydrogen-bond acceptors (Lipinski definition) is 5. The van der Waals surface area contributed by atoms with E-state index >= 15 is 0 Å². The number of aryl methyl sites for hydroxylation is 1. The van der Waals surface area contributed by atoms with Crippen LogP contribution in [0.2, 0.25) is 5.02 Å². The molecular weight excluding hydrogens is 410 g/mol. The molecule has 0 amide bonds. The van der Waals surface area contributed by atoms with Gasteiger partial charge in [0.05, 0.1) is 30.7 Å². The molecule has 1 saturated heterocycles. The maximum atomic E-state index is 11.4. The summed E-state index contributed by atoms with van der Waals surface area (Å²) < 4.78 is 30.8. The fraction of sp³-hybridized carbons (Fsp3) is 0.571. The van der Waals surface area contributed by atoms with E-state index in [0.717, 1.165) is 49.5 Å². The van der Waals surface area contributed by atoms with Crippen molar-refractivity contribution in [1.82, 2.24) is 14.7 Å². The summed E-state index contributed by atoms with van der Waals surface area (Å²) in [6, 6.07) is 6.56. The van der Waals surface area contributed by atoms with Crippen LogP contribution >= 0.6 is 11.6 Å². The smallest absolute Gasteiger partial charge is 0.149 e. The molecule has 6 nitrogen and oxygen atoms in total. The van der Waals surface area contributed by atoms with E-state index in [1.807, 2.05) is 18.5 Å². The molecule has 0 radical (unpaired) electrons. The summed E-state index contributed by atoms with van der Waals surface area (Å²) in [4.78, 5) is 2.45. The van der Waals surface area contributed by atoms with Crippen LogP contribution in [0.15, 0.2) is 30.6 Å². The first-order valence-corrected chi connectivity index (χ1v) is 12.5. The first kappa shape index (κ1) is 20.8. The lowest BCUT2D eigenvalue weighted by Gasteiger charge is -2.48. The molecule has 8 heteroatoms. The maximum Gasteiger partial charge on any atom is 0.149 e. The van der Waals surface area contributed by atoms with Crippen LogP contribution in [0.1, 0.15) is 36.5 Å². The second kappa shape index (κ2) is 8.02. The molecule has 2 atom stereocenters. The molecule has 2 aliphatic rings. The van der Waals surface area contributed by atoms with Crippen LogP contribution in [0.4, 0.5) is 0 Å². The maximum absolute atomic E-state index is 11.4. The average molecular weight is 438 g/mol. The molecule has 0 unspecified atom stereocenters. The summed E-state index contributed by atoms with van der Waals surface area (Å²) in [5.74, 6) is 0.107. The highest BCUT2D eigenvalue weighted by molar-refractivity contribution is 7.90. The van der Waals surface area contributed by atoms with Crippen LogP contribution in [0.25, 0.3) is 0 Å². The predicted octanol–water partition coefficient (Wildman–Crippen LogP) is 3.03. The number of rotatable bonds is 5. The summed E-state index contributed by atoms with van der Waals surface area (Å²) in [5.41, 5.74) is 3.48. The van der Waals surface area contributed by atoms with Crippen LogP contribution in [-0.4, -0.2) is 54.3 Å². The molecular formula is C21H28ClN3O3S. The van der Waals surface area contributed by atoms with Gasteiger partial charge in [0.15, 0.2) is 0 Å². The van der Waals surface area contributed by atoms with E-state index in [-0.39, 0.29) is 11.4 Å². The van der Waals surface area contributed by atoms with Gasteiger partial charge in [-0.2, -0.15) is 5.10 Å². The highest BCUT2D eigenvalue weighted by atomic mass is 35.5. The normalized spacial score (nSPS) is 25.3. The van der Waals surface area contributed by atoms with E-state index in [4.69, 9.17) is 16.3 Å². The van der Waals surface area contributed by atoms with E-state index in [1.165, 1.54) is 17.4 Å². The van der Waals surface area contributed by atoms with Crippen LogP contribution < -0.4 is 0 Å². The van der Waals surface area contributed by atoms with E-state index in [0.29, 0.717) is 12.6 Å². The molecule has 2 aliphatic heterocycles. The Kier molecular flexibility index (Phi) is 5.77. The highest BCUT2D eigenvalue weighted by Gasteiger charge is 2.43. The van der Waals surface area contributed by atoms with E-state index in [2.05, 4.69) is 29.1 Å². The quantitative estimate of drug-likeness (QED) is 0.719. The molecule has 1 spiro atoms.